The van der Waals surface area contributed by atoms with Gasteiger partial charge in [0.15, 0.2) is 11.6 Å². The first kappa shape index (κ1) is 15.3. The van der Waals surface area contributed by atoms with E-state index in [-0.39, 0.29) is 12.3 Å². The van der Waals surface area contributed by atoms with Gasteiger partial charge in [-0.1, -0.05) is 12.1 Å². The Morgan fingerprint density at radius 3 is 2.78 bits per heavy atom. The molecule has 0 atom stereocenters. The maximum absolute atomic E-state index is 14.1. The fraction of sp³-hybridized carbons (Fsp3) is 0.235. The van der Waals surface area contributed by atoms with Crippen molar-refractivity contribution in [3.8, 4) is 11.5 Å². The van der Waals surface area contributed by atoms with Gasteiger partial charge in [-0.15, -0.1) is 0 Å². The number of ether oxygens (including phenoxy) is 1. The molecule has 23 heavy (non-hydrogen) atoms. The first-order valence-electron chi connectivity index (χ1n) is 7.48. The third-order valence-electron chi connectivity index (χ3n) is 3.80. The summed E-state index contributed by atoms with van der Waals surface area (Å²) in [6.45, 7) is 0.263. The molecule has 0 saturated heterocycles. The molecule has 0 bridgehead atoms. The molecule has 0 heterocycles. The number of carbonyl (C=O) groups is 1. The predicted octanol–water partition coefficient (Wildman–Crippen LogP) is 2.78. The molecular formula is C17H18FN3O2. The molecule has 120 valence electrons. The van der Waals surface area contributed by atoms with Crippen molar-refractivity contribution in [3.05, 3.63) is 58.9 Å². The van der Waals surface area contributed by atoms with Crippen LogP contribution < -0.4 is 21.3 Å². The van der Waals surface area contributed by atoms with Gasteiger partial charge in [0, 0.05) is 6.54 Å². The van der Waals surface area contributed by atoms with Gasteiger partial charge in [-0.25, -0.2) is 14.6 Å². The molecule has 0 aliphatic heterocycles. The fourth-order valence-corrected chi connectivity index (χ4v) is 2.71. The quantitative estimate of drug-likeness (QED) is 0.743. The smallest absolute Gasteiger partial charge is 0.326 e. The van der Waals surface area contributed by atoms with Crippen molar-refractivity contribution in [1.82, 2.24) is 10.9 Å². The van der Waals surface area contributed by atoms with Crippen molar-refractivity contribution in [3.63, 3.8) is 0 Å². The SMILES string of the molecule is NC(=O)NNCc1ccc(Oc2ccc3c(c2)CCC3)c(F)c1. The van der Waals surface area contributed by atoms with Crippen molar-refractivity contribution in [1.29, 1.82) is 0 Å². The number of hydrogen-bond acceptors (Lipinski definition) is 3. The summed E-state index contributed by atoms with van der Waals surface area (Å²) >= 11 is 0. The third-order valence-corrected chi connectivity index (χ3v) is 3.80. The maximum Gasteiger partial charge on any atom is 0.326 e. The molecule has 1 aliphatic carbocycles. The maximum atomic E-state index is 14.1. The fourth-order valence-electron chi connectivity index (χ4n) is 2.71. The molecule has 6 heteroatoms. The lowest BCUT2D eigenvalue weighted by Gasteiger charge is -2.10. The highest BCUT2D eigenvalue weighted by Gasteiger charge is 2.12. The Balaban J connectivity index is 1.67. The summed E-state index contributed by atoms with van der Waals surface area (Å²) in [6, 6.07) is 9.86. The third kappa shape index (κ3) is 3.78. The van der Waals surface area contributed by atoms with Crippen LogP contribution in [0.1, 0.15) is 23.1 Å². The predicted molar refractivity (Wildman–Crippen MR) is 84.5 cm³/mol. The second-order valence-corrected chi connectivity index (χ2v) is 5.49. The Bertz CT molecular complexity index is 734. The van der Waals surface area contributed by atoms with E-state index in [0.717, 1.165) is 19.3 Å². The van der Waals surface area contributed by atoms with Crippen molar-refractivity contribution < 1.29 is 13.9 Å². The molecule has 4 N–H and O–H groups in total. The van der Waals surface area contributed by atoms with E-state index in [2.05, 4.69) is 10.9 Å². The van der Waals surface area contributed by atoms with Crippen LogP contribution in [0.25, 0.3) is 0 Å². The lowest BCUT2D eigenvalue weighted by Crippen LogP contribution is -2.40. The number of urea groups is 1. The van der Waals surface area contributed by atoms with Crippen molar-refractivity contribution in [2.24, 2.45) is 5.73 Å². The molecular weight excluding hydrogens is 297 g/mol. The Morgan fingerprint density at radius 1 is 1.17 bits per heavy atom. The Hall–Kier alpha value is -2.60. The van der Waals surface area contributed by atoms with Gasteiger partial charge < -0.3 is 10.5 Å². The van der Waals surface area contributed by atoms with E-state index in [4.69, 9.17) is 10.5 Å². The summed E-state index contributed by atoms with van der Waals surface area (Å²) in [4.78, 5) is 10.5. The number of aryl methyl sites for hydroxylation is 2. The molecule has 3 rings (SSSR count). The van der Waals surface area contributed by atoms with Gasteiger partial charge >= 0.3 is 6.03 Å². The van der Waals surface area contributed by atoms with E-state index in [9.17, 15) is 9.18 Å². The normalized spacial score (nSPS) is 12.7. The standard InChI is InChI=1S/C17H18FN3O2/c18-15-8-11(10-20-21-17(19)22)4-7-16(15)23-14-6-5-12-2-1-3-13(12)9-14/h4-9,20H,1-3,10H2,(H3,19,21,22). The Morgan fingerprint density at radius 2 is 2.00 bits per heavy atom. The van der Waals surface area contributed by atoms with E-state index in [0.29, 0.717) is 11.3 Å². The number of carbonyl (C=O) groups excluding carboxylic acids is 1. The number of hydrazine groups is 1. The Kier molecular flexibility index (Phi) is 4.43. The van der Waals surface area contributed by atoms with Crippen LogP contribution in [0.15, 0.2) is 36.4 Å². The van der Waals surface area contributed by atoms with Crippen molar-refractivity contribution >= 4 is 6.03 Å². The molecule has 1 aliphatic rings. The minimum Gasteiger partial charge on any atom is -0.454 e. The Labute approximate surface area is 133 Å². The van der Waals surface area contributed by atoms with Gasteiger partial charge in [-0.2, -0.15) is 0 Å². The summed E-state index contributed by atoms with van der Waals surface area (Å²) in [5.74, 6) is 0.365. The van der Waals surface area contributed by atoms with E-state index in [1.54, 1.807) is 12.1 Å². The van der Waals surface area contributed by atoms with Crippen LogP contribution in [-0.4, -0.2) is 6.03 Å². The first-order valence-corrected chi connectivity index (χ1v) is 7.48. The summed E-state index contributed by atoms with van der Waals surface area (Å²) in [7, 11) is 0. The number of nitrogens with two attached hydrogens (primary N) is 1. The van der Waals surface area contributed by atoms with Crippen LogP contribution in [0.3, 0.4) is 0 Å². The molecule has 5 nitrogen and oxygen atoms in total. The summed E-state index contributed by atoms with van der Waals surface area (Å²) in [5, 5.41) is 0. The number of benzene rings is 2. The van der Waals surface area contributed by atoms with E-state index < -0.39 is 11.8 Å². The minimum atomic E-state index is -0.693. The molecule has 0 unspecified atom stereocenters. The summed E-state index contributed by atoms with van der Waals surface area (Å²) in [6.07, 6.45) is 3.31. The average Bonchev–Trinajstić information content (AvgIpc) is 2.97. The van der Waals surface area contributed by atoms with E-state index >= 15 is 0 Å². The zero-order chi connectivity index (χ0) is 16.2. The minimum absolute atomic E-state index is 0.176. The highest BCUT2D eigenvalue weighted by Crippen LogP contribution is 2.30. The average molecular weight is 315 g/mol. The van der Waals surface area contributed by atoms with Crippen LogP contribution in [0.4, 0.5) is 9.18 Å². The van der Waals surface area contributed by atoms with Gasteiger partial charge in [0.1, 0.15) is 5.75 Å². The molecule has 0 saturated carbocycles. The van der Waals surface area contributed by atoms with E-state index in [1.165, 1.54) is 17.2 Å². The molecule has 0 radical (unpaired) electrons. The lowest BCUT2D eigenvalue weighted by molar-refractivity contribution is 0.244. The number of halogens is 1. The summed E-state index contributed by atoms with van der Waals surface area (Å²) in [5.41, 5.74) is 13.0. The number of rotatable bonds is 5. The number of nitrogens with one attached hydrogen (secondary N) is 2. The first-order chi connectivity index (χ1) is 11.1. The van der Waals surface area contributed by atoms with Gasteiger partial charge in [0.05, 0.1) is 0 Å². The highest BCUT2D eigenvalue weighted by atomic mass is 19.1. The molecule has 2 aromatic rings. The number of primary amides is 1. The summed E-state index contributed by atoms with van der Waals surface area (Å²) < 4.78 is 19.8. The number of amides is 2. The monoisotopic (exact) mass is 315 g/mol. The largest absolute Gasteiger partial charge is 0.454 e. The van der Waals surface area contributed by atoms with Crippen LogP contribution in [0.5, 0.6) is 11.5 Å². The molecule has 2 aromatic carbocycles. The second-order valence-electron chi connectivity index (χ2n) is 5.49. The van der Waals surface area contributed by atoms with Gasteiger partial charge in [-0.3, -0.25) is 5.43 Å². The molecule has 2 amide bonds. The number of fused-ring (bicyclic) bond motifs is 1. The molecule has 0 fully saturated rings. The van der Waals surface area contributed by atoms with Crippen LogP contribution in [-0.2, 0) is 19.4 Å². The van der Waals surface area contributed by atoms with Gasteiger partial charge in [-0.05, 0) is 60.2 Å². The zero-order valence-electron chi connectivity index (χ0n) is 12.6. The van der Waals surface area contributed by atoms with Crippen molar-refractivity contribution in [2.75, 3.05) is 0 Å². The van der Waals surface area contributed by atoms with Crippen LogP contribution in [0.2, 0.25) is 0 Å². The molecule has 0 spiro atoms. The lowest BCUT2D eigenvalue weighted by atomic mass is 10.1. The molecule has 0 aromatic heterocycles. The highest BCUT2D eigenvalue weighted by molar-refractivity contribution is 5.70. The van der Waals surface area contributed by atoms with Gasteiger partial charge in [0.2, 0.25) is 0 Å². The van der Waals surface area contributed by atoms with Crippen molar-refractivity contribution in [2.45, 2.75) is 25.8 Å². The topological polar surface area (TPSA) is 76.4 Å². The van der Waals surface area contributed by atoms with E-state index in [1.807, 2.05) is 18.2 Å². The second kappa shape index (κ2) is 6.66. The van der Waals surface area contributed by atoms with Crippen LogP contribution >= 0.6 is 0 Å². The number of hydrogen-bond donors (Lipinski definition) is 3. The van der Waals surface area contributed by atoms with Crippen LogP contribution in [0, 0.1) is 5.82 Å². The zero-order valence-corrected chi connectivity index (χ0v) is 12.6. The van der Waals surface area contributed by atoms with Gasteiger partial charge in [0.25, 0.3) is 0 Å².